The lowest BCUT2D eigenvalue weighted by Gasteiger charge is -2.13. The van der Waals surface area contributed by atoms with Gasteiger partial charge in [-0.2, -0.15) is 11.3 Å². The molecule has 1 heterocycles. The van der Waals surface area contributed by atoms with Gasteiger partial charge in [0.15, 0.2) is 0 Å². The Bertz CT molecular complexity index is 619. The van der Waals surface area contributed by atoms with Gasteiger partial charge < -0.3 is 11.1 Å². The molecule has 0 aliphatic rings. The van der Waals surface area contributed by atoms with E-state index in [4.69, 9.17) is 17.3 Å². The second-order valence-corrected chi connectivity index (χ2v) is 5.66. The van der Waals surface area contributed by atoms with Crippen LogP contribution in [0.3, 0.4) is 0 Å². The molecule has 0 aliphatic heterocycles. The number of hydrogen-bond acceptors (Lipinski definition) is 3. The highest BCUT2D eigenvalue weighted by molar-refractivity contribution is 7.07. The average molecular weight is 331 g/mol. The summed E-state index contributed by atoms with van der Waals surface area (Å²) in [4.78, 5) is 12.0. The molecule has 7 heteroatoms. The summed E-state index contributed by atoms with van der Waals surface area (Å²) in [6, 6.07) is 5.08. The first-order chi connectivity index (χ1) is 9.97. The Labute approximate surface area is 129 Å². The summed E-state index contributed by atoms with van der Waals surface area (Å²) < 4.78 is 25.5. The summed E-state index contributed by atoms with van der Waals surface area (Å²) in [6.07, 6.45) is -2.31. The van der Waals surface area contributed by atoms with Crippen molar-refractivity contribution in [1.29, 1.82) is 0 Å². The van der Waals surface area contributed by atoms with Gasteiger partial charge >= 0.3 is 0 Å². The summed E-state index contributed by atoms with van der Waals surface area (Å²) in [5.41, 5.74) is 6.70. The quantitative estimate of drug-likeness (QED) is 0.875. The fourth-order valence-electron chi connectivity index (χ4n) is 1.78. The lowest BCUT2D eigenvalue weighted by atomic mass is 10.1. The summed E-state index contributed by atoms with van der Waals surface area (Å²) in [6.45, 7) is 0. The highest BCUT2D eigenvalue weighted by Crippen LogP contribution is 2.29. The molecule has 1 aromatic carbocycles. The largest absolute Gasteiger partial charge is 0.325 e. The van der Waals surface area contributed by atoms with Gasteiger partial charge in [0.1, 0.15) is 0 Å². The number of hydrogen-bond donors (Lipinski definition) is 2. The first-order valence-corrected chi connectivity index (χ1v) is 7.44. The molecule has 1 atom stereocenters. The number of anilines is 1. The van der Waals surface area contributed by atoms with Crippen molar-refractivity contribution in [2.75, 3.05) is 5.32 Å². The van der Waals surface area contributed by atoms with Crippen molar-refractivity contribution >= 4 is 34.5 Å². The standard InChI is InChI=1S/C14H13ClF2N2OS/c15-11-2-1-9(6-10(11)13(16)17)19-14(20)12(18)5-8-3-4-21-7-8/h1-4,6-7,12-13H,5,18H2,(H,19,20). The molecule has 0 saturated heterocycles. The van der Waals surface area contributed by atoms with E-state index >= 15 is 0 Å². The van der Waals surface area contributed by atoms with Crippen LogP contribution >= 0.6 is 22.9 Å². The van der Waals surface area contributed by atoms with E-state index in [9.17, 15) is 13.6 Å². The molecule has 0 bridgehead atoms. The van der Waals surface area contributed by atoms with Crippen LogP contribution in [0.25, 0.3) is 0 Å². The SMILES string of the molecule is NC(Cc1ccsc1)C(=O)Nc1ccc(Cl)c(C(F)F)c1. The molecule has 0 fully saturated rings. The van der Waals surface area contributed by atoms with Crippen molar-refractivity contribution in [1.82, 2.24) is 0 Å². The predicted octanol–water partition coefficient (Wildman–Crippen LogP) is 3.85. The van der Waals surface area contributed by atoms with Gasteiger partial charge in [0, 0.05) is 16.3 Å². The number of halogens is 3. The van der Waals surface area contributed by atoms with Crippen LogP contribution < -0.4 is 11.1 Å². The van der Waals surface area contributed by atoms with Crippen LogP contribution in [0.15, 0.2) is 35.0 Å². The van der Waals surface area contributed by atoms with Crippen molar-refractivity contribution in [3.63, 3.8) is 0 Å². The summed E-state index contributed by atoms with van der Waals surface area (Å²) in [7, 11) is 0. The number of carbonyl (C=O) groups excluding carboxylic acids is 1. The zero-order valence-electron chi connectivity index (χ0n) is 10.9. The number of rotatable bonds is 5. The minimum atomic E-state index is -2.70. The second-order valence-electron chi connectivity index (χ2n) is 4.47. The molecule has 21 heavy (non-hydrogen) atoms. The summed E-state index contributed by atoms with van der Waals surface area (Å²) in [5, 5.41) is 6.29. The van der Waals surface area contributed by atoms with Crippen molar-refractivity contribution in [2.24, 2.45) is 5.73 Å². The molecule has 1 aromatic heterocycles. The van der Waals surface area contributed by atoms with Crippen LogP contribution in [0.5, 0.6) is 0 Å². The van der Waals surface area contributed by atoms with Crippen molar-refractivity contribution in [2.45, 2.75) is 18.9 Å². The third-order valence-electron chi connectivity index (χ3n) is 2.87. The van der Waals surface area contributed by atoms with E-state index in [2.05, 4.69) is 5.32 Å². The van der Waals surface area contributed by atoms with Gasteiger partial charge in [0.05, 0.1) is 6.04 Å². The lowest BCUT2D eigenvalue weighted by molar-refractivity contribution is -0.117. The van der Waals surface area contributed by atoms with Crippen molar-refractivity contribution in [3.8, 4) is 0 Å². The van der Waals surface area contributed by atoms with Gasteiger partial charge in [-0.3, -0.25) is 4.79 Å². The molecule has 1 unspecified atom stereocenters. The van der Waals surface area contributed by atoms with Gasteiger partial charge in [-0.15, -0.1) is 0 Å². The predicted molar refractivity (Wildman–Crippen MR) is 81.0 cm³/mol. The number of amides is 1. The molecule has 3 N–H and O–H groups in total. The first-order valence-electron chi connectivity index (χ1n) is 6.12. The molecule has 0 saturated carbocycles. The van der Waals surface area contributed by atoms with Crippen LogP contribution in [-0.4, -0.2) is 11.9 Å². The number of nitrogens with one attached hydrogen (secondary N) is 1. The molecule has 1 amide bonds. The molecule has 0 aliphatic carbocycles. The fraction of sp³-hybridized carbons (Fsp3) is 0.214. The maximum absolute atomic E-state index is 12.7. The minimum absolute atomic E-state index is 0.0365. The van der Waals surface area contributed by atoms with E-state index in [-0.39, 0.29) is 16.3 Å². The molecular formula is C14H13ClF2N2OS. The zero-order valence-corrected chi connectivity index (χ0v) is 12.4. The van der Waals surface area contributed by atoms with Crippen molar-refractivity contribution in [3.05, 3.63) is 51.2 Å². The van der Waals surface area contributed by atoms with Crippen molar-refractivity contribution < 1.29 is 13.6 Å². The summed E-state index contributed by atoms with van der Waals surface area (Å²) >= 11 is 7.19. The normalized spacial score (nSPS) is 12.4. The van der Waals surface area contributed by atoms with E-state index in [0.717, 1.165) is 11.6 Å². The Balaban J connectivity index is 2.03. The van der Waals surface area contributed by atoms with Gasteiger partial charge in [-0.25, -0.2) is 8.78 Å². The molecule has 2 aromatic rings. The molecular weight excluding hydrogens is 318 g/mol. The van der Waals surface area contributed by atoms with Crippen LogP contribution in [0.4, 0.5) is 14.5 Å². The van der Waals surface area contributed by atoms with E-state index in [1.165, 1.54) is 23.5 Å². The Kier molecular flexibility index (Phi) is 5.27. The number of nitrogens with two attached hydrogens (primary N) is 1. The Morgan fingerprint density at radius 3 is 2.76 bits per heavy atom. The molecule has 112 valence electrons. The average Bonchev–Trinajstić information content (AvgIpc) is 2.93. The van der Waals surface area contributed by atoms with E-state index in [1.54, 1.807) is 0 Å². The molecule has 2 rings (SSSR count). The van der Waals surface area contributed by atoms with Gasteiger partial charge in [-0.05, 0) is 47.0 Å². The number of carbonyl (C=O) groups is 1. The van der Waals surface area contributed by atoms with Crippen LogP contribution in [0, 0.1) is 0 Å². The molecule has 0 radical (unpaired) electrons. The topological polar surface area (TPSA) is 55.1 Å². The number of benzene rings is 1. The maximum atomic E-state index is 12.7. The Hall–Kier alpha value is -1.50. The summed E-state index contributed by atoms with van der Waals surface area (Å²) in [5.74, 6) is -0.427. The van der Waals surface area contributed by atoms with E-state index in [1.807, 2.05) is 16.8 Å². The maximum Gasteiger partial charge on any atom is 0.265 e. The van der Waals surface area contributed by atoms with Gasteiger partial charge in [-0.1, -0.05) is 11.6 Å². The molecule has 3 nitrogen and oxygen atoms in total. The number of thiophene rings is 1. The van der Waals surface area contributed by atoms with Crippen LogP contribution in [0.1, 0.15) is 17.6 Å². The second kappa shape index (κ2) is 6.98. The Morgan fingerprint density at radius 1 is 1.38 bits per heavy atom. The minimum Gasteiger partial charge on any atom is -0.325 e. The molecule has 0 spiro atoms. The van der Waals surface area contributed by atoms with Crippen LogP contribution in [0.2, 0.25) is 5.02 Å². The highest BCUT2D eigenvalue weighted by Gasteiger charge is 2.17. The first kappa shape index (κ1) is 15.9. The Morgan fingerprint density at radius 2 is 2.14 bits per heavy atom. The van der Waals surface area contributed by atoms with Gasteiger partial charge in [0.2, 0.25) is 5.91 Å². The zero-order chi connectivity index (χ0) is 15.4. The highest BCUT2D eigenvalue weighted by atomic mass is 35.5. The smallest absolute Gasteiger partial charge is 0.265 e. The number of alkyl halides is 2. The third-order valence-corrected chi connectivity index (χ3v) is 3.95. The van der Waals surface area contributed by atoms with E-state index < -0.39 is 18.4 Å². The van der Waals surface area contributed by atoms with Gasteiger partial charge in [0.25, 0.3) is 6.43 Å². The monoisotopic (exact) mass is 330 g/mol. The third kappa shape index (κ3) is 4.23. The fourth-order valence-corrected chi connectivity index (χ4v) is 2.66. The van der Waals surface area contributed by atoms with Crippen LogP contribution in [-0.2, 0) is 11.2 Å². The van der Waals surface area contributed by atoms with E-state index in [0.29, 0.717) is 6.42 Å². The lowest BCUT2D eigenvalue weighted by Crippen LogP contribution is -2.37.